The molecule has 0 saturated carbocycles. The molecule has 0 spiro atoms. The third-order valence-electron chi connectivity index (χ3n) is 4.32. The summed E-state index contributed by atoms with van der Waals surface area (Å²) in [6.45, 7) is -0.116. The van der Waals surface area contributed by atoms with Gasteiger partial charge in [-0.1, -0.05) is 18.2 Å². The van der Waals surface area contributed by atoms with Gasteiger partial charge in [0.1, 0.15) is 6.54 Å². The Balaban J connectivity index is 1.63. The summed E-state index contributed by atoms with van der Waals surface area (Å²) >= 11 is 0. The molecule has 24 heavy (non-hydrogen) atoms. The number of fused-ring (bicyclic) bond motifs is 1. The lowest BCUT2D eigenvalue weighted by Gasteiger charge is -2.31. The van der Waals surface area contributed by atoms with Crippen LogP contribution >= 0.6 is 0 Å². The van der Waals surface area contributed by atoms with Crippen LogP contribution in [0.4, 0.5) is 10.5 Å². The fraction of sp³-hybridized carbons (Fsp3) is 0.375. The third-order valence-corrected chi connectivity index (χ3v) is 4.32. The largest absolute Gasteiger partial charge is 0.354 e. The average molecular weight is 330 g/mol. The topological polar surface area (TPSA) is 98.8 Å². The van der Waals surface area contributed by atoms with E-state index in [2.05, 4.69) is 10.6 Å². The Bertz CT molecular complexity index is 702. The van der Waals surface area contributed by atoms with Crippen molar-refractivity contribution < 1.29 is 19.2 Å². The predicted octanol–water partition coefficient (Wildman–Crippen LogP) is -0.195. The molecule has 0 bridgehead atoms. The van der Waals surface area contributed by atoms with Crippen molar-refractivity contribution in [3.63, 3.8) is 0 Å². The number of anilines is 1. The van der Waals surface area contributed by atoms with E-state index in [1.54, 1.807) is 11.9 Å². The number of amides is 5. The smallest absolute Gasteiger partial charge is 0.325 e. The molecule has 0 radical (unpaired) electrons. The van der Waals surface area contributed by atoms with Gasteiger partial charge < -0.3 is 15.5 Å². The number of hydrogen-bond donors (Lipinski definition) is 2. The first-order chi connectivity index (χ1) is 11.5. The Labute approximate surface area is 138 Å². The molecule has 1 fully saturated rings. The zero-order chi connectivity index (χ0) is 17.3. The second kappa shape index (κ2) is 6.31. The van der Waals surface area contributed by atoms with Crippen LogP contribution < -0.4 is 15.5 Å². The number of benzene rings is 1. The van der Waals surface area contributed by atoms with Crippen molar-refractivity contribution in [2.24, 2.45) is 0 Å². The van der Waals surface area contributed by atoms with Gasteiger partial charge in [-0.05, 0) is 11.6 Å². The third kappa shape index (κ3) is 2.94. The van der Waals surface area contributed by atoms with E-state index >= 15 is 0 Å². The lowest BCUT2D eigenvalue weighted by Crippen LogP contribution is -2.43. The molecule has 2 heterocycles. The number of carbonyl (C=O) groups is 4. The van der Waals surface area contributed by atoms with Crippen molar-refractivity contribution in [3.8, 4) is 0 Å². The number of hydrogen-bond acceptors (Lipinski definition) is 4. The van der Waals surface area contributed by atoms with E-state index < -0.39 is 17.8 Å². The summed E-state index contributed by atoms with van der Waals surface area (Å²) in [5.74, 6) is -0.988. The lowest BCUT2D eigenvalue weighted by molar-refractivity contribution is -0.130. The minimum atomic E-state index is -0.560. The van der Waals surface area contributed by atoms with E-state index in [1.807, 2.05) is 24.3 Å². The molecular weight excluding hydrogens is 312 g/mol. The van der Waals surface area contributed by atoms with Gasteiger partial charge in [-0.15, -0.1) is 0 Å². The van der Waals surface area contributed by atoms with Gasteiger partial charge in [0.25, 0.3) is 5.91 Å². The van der Waals surface area contributed by atoms with Crippen molar-refractivity contribution in [1.82, 2.24) is 15.5 Å². The van der Waals surface area contributed by atoms with Crippen molar-refractivity contribution in [1.29, 1.82) is 0 Å². The van der Waals surface area contributed by atoms with Gasteiger partial charge in [0.05, 0.1) is 6.54 Å². The molecule has 0 unspecified atom stereocenters. The van der Waals surface area contributed by atoms with Crippen LogP contribution in [-0.2, 0) is 14.4 Å². The molecule has 8 nitrogen and oxygen atoms in total. The summed E-state index contributed by atoms with van der Waals surface area (Å²) in [4.78, 5) is 49.5. The number of carbonyl (C=O) groups excluding carboxylic acids is 4. The van der Waals surface area contributed by atoms with Gasteiger partial charge in [0, 0.05) is 31.6 Å². The maximum atomic E-state index is 12.1. The molecule has 2 aliphatic rings. The molecule has 3 rings (SSSR count). The van der Waals surface area contributed by atoms with Crippen LogP contribution in [0.15, 0.2) is 24.3 Å². The van der Waals surface area contributed by atoms with Crippen molar-refractivity contribution in [2.45, 2.75) is 12.3 Å². The van der Waals surface area contributed by atoms with Crippen molar-refractivity contribution in [3.05, 3.63) is 29.8 Å². The van der Waals surface area contributed by atoms with Gasteiger partial charge in [0.2, 0.25) is 11.8 Å². The van der Waals surface area contributed by atoms with Crippen LogP contribution in [0.3, 0.4) is 0 Å². The molecule has 1 atom stereocenters. The minimum Gasteiger partial charge on any atom is -0.354 e. The fourth-order valence-corrected chi connectivity index (χ4v) is 2.96. The summed E-state index contributed by atoms with van der Waals surface area (Å²) in [5.41, 5.74) is 1.83. The second-order valence-corrected chi connectivity index (χ2v) is 5.86. The first-order valence-corrected chi connectivity index (χ1v) is 7.67. The number of urea groups is 1. The van der Waals surface area contributed by atoms with Gasteiger partial charge >= 0.3 is 6.03 Å². The fourth-order valence-electron chi connectivity index (χ4n) is 2.96. The average Bonchev–Trinajstić information content (AvgIpc) is 2.89. The van der Waals surface area contributed by atoms with Crippen LogP contribution in [-0.4, -0.2) is 55.3 Å². The molecule has 1 aromatic carbocycles. The Morgan fingerprint density at radius 2 is 2.00 bits per heavy atom. The maximum Gasteiger partial charge on any atom is 0.325 e. The number of nitrogens with one attached hydrogen (secondary N) is 2. The molecule has 126 valence electrons. The molecule has 2 N–H and O–H groups in total. The Kier molecular flexibility index (Phi) is 4.20. The molecule has 0 aromatic heterocycles. The zero-order valence-electron chi connectivity index (χ0n) is 13.2. The van der Waals surface area contributed by atoms with Gasteiger partial charge in [-0.25, -0.2) is 4.79 Å². The van der Waals surface area contributed by atoms with E-state index in [4.69, 9.17) is 0 Å². The molecule has 1 saturated heterocycles. The van der Waals surface area contributed by atoms with Gasteiger partial charge in [-0.2, -0.15) is 0 Å². The lowest BCUT2D eigenvalue weighted by atomic mass is 9.89. The molecule has 5 amide bonds. The SMILES string of the molecule is CN1C(=O)C[C@H](CNC(=O)CN2C(=O)CNC2=O)c2ccccc21. The summed E-state index contributed by atoms with van der Waals surface area (Å²) in [7, 11) is 1.73. The summed E-state index contributed by atoms with van der Waals surface area (Å²) < 4.78 is 0. The van der Waals surface area contributed by atoms with E-state index in [0.29, 0.717) is 6.42 Å². The van der Waals surface area contributed by atoms with E-state index in [1.165, 1.54) is 0 Å². The quantitative estimate of drug-likeness (QED) is 0.747. The second-order valence-electron chi connectivity index (χ2n) is 5.86. The van der Waals surface area contributed by atoms with E-state index in [9.17, 15) is 19.2 Å². The highest BCUT2D eigenvalue weighted by Gasteiger charge is 2.32. The van der Waals surface area contributed by atoms with E-state index in [0.717, 1.165) is 16.2 Å². The van der Waals surface area contributed by atoms with Crippen molar-refractivity contribution >= 4 is 29.4 Å². The summed E-state index contributed by atoms with van der Waals surface area (Å²) in [5, 5.41) is 5.07. The molecule has 8 heteroatoms. The van der Waals surface area contributed by atoms with Crippen molar-refractivity contribution in [2.75, 3.05) is 31.6 Å². The molecule has 0 aliphatic carbocycles. The van der Waals surface area contributed by atoms with Gasteiger partial charge in [-0.3, -0.25) is 19.3 Å². The standard InChI is InChI=1S/C16H18N4O4/c1-19-12-5-3-2-4-11(12)10(6-14(19)22)7-17-13(21)9-20-15(23)8-18-16(20)24/h2-5,10H,6-9H2,1H3,(H,17,21)(H,18,24)/t10-/m1/s1. The first kappa shape index (κ1) is 16.0. The highest BCUT2D eigenvalue weighted by atomic mass is 16.2. The molecule has 1 aromatic rings. The number of para-hydroxylation sites is 1. The Hall–Kier alpha value is -2.90. The van der Waals surface area contributed by atoms with Crippen LogP contribution in [0.5, 0.6) is 0 Å². The maximum absolute atomic E-state index is 12.1. The van der Waals surface area contributed by atoms with Crippen LogP contribution in [0.25, 0.3) is 0 Å². The highest BCUT2D eigenvalue weighted by molar-refractivity contribution is 6.04. The predicted molar refractivity (Wildman–Crippen MR) is 85.3 cm³/mol. The van der Waals surface area contributed by atoms with Crippen LogP contribution in [0.2, 0.25) is 0 Å². The van der Waals surface area contributed by atoms with Gasteiger partial charge in [0.15, 0.2) is 0 Å². The Morgan fingerprint density at radius 1 is 1.25 bits per heavy atom. The molecular formula is C16H18N4O4. The van der Waals surface area contributed by atoms with Crippen LogP contribution in [0, 0.1) is 0 Å². The minimum absolute atomic E-state index is 0.0120. The number of nitrogens with zero attached hydrogens (tertiary/aromatic N) is 2. The Morgan fingerprint density at radius 3 is 2.71 bits per heavy atom. The zero-order valence-corrected chi connectivity index (χ0v) is 13.2. The normalized spacial score (nSPS) is 20.0. The summed E-state index contributed by atoms with van der Waals surface area (Å²) in [6.07, 6.45) is 0.303. The molecule has 2 aliphatic heterocycles. The summed E-state index contributed by atoms with van der Waals surface area (Å²) in [6, 6.07) is 7.00. The van der Waals surface area contributed by atoms with E-state index in [-0.39, 0.29) is 31.5 Å². The first-order valence-electron chi connectivity index (χ1n) is 7.67. The highest BCUT2D eigenvalue weighted by Crippen LogP contribution is 2.34. The number of rotatable bonds is 4. The van der Waals surface area contributed by atoms with Crippen LogP contribution in [0.1, 0.15) is 17.9 Å². The monoisotopic (exact) mass is 330 g/mol. The number of imide groups is 1.